The molecule has 3 aromatic carbocycles. The number of rotatable bonds is 9. The molecule has 226 valence electrons. The number of hydrogen-bond acceptors (Lipinski definition) is 6. The summed E-state index contributed by atoms with van der Waals surface area (Å²) in [4.78, 5) is 43.4. The van der Waals surface area contributed by atoms with E-state index in [0.29, 0.717) is 16.9 Å². The van der Waals surface area contributed by atoms with Crippen LogP contribution in [-0.2, 0) is 23.0 Å². The number of anilines is 1. The lowest BCUT2D eigenvalue weighted by molar-refractivity contribution is -0.139. The largest absolute Gasteiger partial charge is 0.480 e. The Bertz CT molecular complexity index is 1820. The number of alkyl carbamates (subject to hydrolysis) is 1. The lowest BCUT2D eigenvalue weighted by Gasteiger charge is -2.18. The number of carboxylic acid groups (broad SMARTS) is 1. The standard InChI is InChI=1S/C35H31N5O5/c1-39-20-29(32(38-39)40(2)33(41)24-8-7-17-36-19-24)23-15-13-22(14-16-23)18-31(34(42)43)37-35(44)45-21-30-27-11-5-3-9-25(27)26-10-4-6-12-28(26)30/h3-17,19-20,30-31H,18,21H2,1-2H3,(H,37,44)(H,42,43)/t31-/m0/s1. The van der Waals surface area contributed by atoms with E-state index < -0.39 is 18.1 Å². The van der Waals surface area contributed by atoms with Crippen molar-refractivity contribution in [2.75, 3.05) is 18.6 Å². The van der Waals surface area contributed by atoms with Crippen LogP contribution >= 0.6 is 0 Å². The number of aromatic nitrogens is 3. The number of nitrogens with one attached hydrogen (secondary N) is 1. The molecule has 10 heteroatoms. The van der Waals surface area contributed by atoms with Crippen molar-refractivity contribution in [1.29, 1.82) is 0 Å². The van der Waals surface area contributed by atoms with Gasteiger partial charge in [0, 0.05) is 50.6 Å². The third kappa shape index (κ3) is 6.03. The summed E-state index contributed by atoms with van der Waals surface area (Å²) in [5, 5.41) is 16.9. The molecule has 2 heterocycles. The highest BCUT2D eigenvalue weighted by atomic mass is 16.5. The van der Waals surface area contributed by atoms with Gasteiger partial charge in [0.15, 0.2) is 5.82 Å². The quantitative estimate of drug-likeness (QED) is 0.235. The van der Waals surface area contributed by atoms with Crippen LogP contribution in [-0.4, -0.2) is 57.5 Å². The molecule has 45 heavy (non-hydrogen) atoms. The monoisotopic (exact) mass is 601 g/mol. The van der Waals surface area contributed by atoms with Crippen molar-refractivity contribution >= 4 is 23.8 Å². The van der Waals surface area contributed by atoms with Gasteiger partial charge in [-0.1, -0.05) is 72.8 Å². The maximum atomic E-state index is 13.0. The van der Waals surface area contributed by atoms with Crippen LogP contribution in [0.2, 0.25) is 0 Å². The van der Waals surface area contributed by atoms with Crippen LogP contribution in [0.1, 0.15) is 33.0 Å². The van der Waals surface area contributed by atoms with Crippen LogP contribution in [0.5, 0.6) is 0 Å². The summed E-state index contributed by atoms with van der Waals surface area (Å²) in [7, 11) is 3.43. The lowest BCUT2D eigenvalue weighted by atomic mass is 9.98. The van der Waals surface area contributed by atoms with Crippen molar-refractivity contribution in [3.8, 4) is 22.3 Å². The average Bonchev–Trinajstić information content (AvgIpc) is 3.61. The molecule has 0 bridgehead atoms. The van der Waals surface area contributed by atoms with Crippen LogP contribution in [0.3, 0.4) is 0 Å². The second-order valence-corrected chi connectivity index (χ2v) is 10.9. The van der Waals surface area contributed by atoms with Crippen molar-refractivity contribution in [2.45, 2.75) is 18.4 Å². The molecule has 1 aliphatic carbocycles. The van der Waals surface area contributed by atoms with E-state index in [4.69, 9.17) is 4.74 Å². The van der Waals surface area contributed by atoms with Gasteiger partial charge in [-0.2, -0.15) is 5.10 Å². The van der Waals surface area contributed by atoms with Gasteiger partial charge < -0.3 is 15.2 Å². The first kappa shape index (κ1) is 29.3. The first-order valence-electron chi connectivity index (χ1n) is 14.5. The third-order valence-corrected chi connectivity index (χ3v) is 7.98. The van der Waals surface area contributed by atoms with Gasteiger partial charge in [-0.05, 0) is 45.5 Å². The zero-order chi connectivity index (χ0) is 31.5. The minimum atomic E-state index is -1.19. The molecule has 0 unspecified atom stereocenters. The first-order chi connectivity index (χ1) is 21.8. The minimum Gasteiger partial charge on any atom is -0.480 e. The molecule has 10 nitrogen and oxygen atoms in total. The predicted molar refractivity (Wildman–Crippen MR) is 169 cm³/mol. The highest BCUT2D eigenvalue weighted by Gasteiger charge is 2.30. The number of carbonyl (C=O) groups excluding carboxylic acids is 2. The van der Waals surface area contributed by atoms with E-state index in [1.54, 1.807) is 49.2 Å². The van der Waals surface area contributed by atoms with E-state index in [0.717, 1.165) is 33.4 Å². The molecule has 6 rings (SSSR count). The van der Waals surface area contributed by atoms with Gasteiger partial charge in [-0.25, -0.2) is 9.59 Å². The molecule has 0 saturated heterocycles. The number of aryl methyl sites for hydroxylation is 1. The second kappa shape index (κ2) is 12.5. The van der Waals surface area contributed by atoms with Gasteiger partial charge in [0.05, 0.1) is 5.56 Å². The van der Waals surface area contributed by atoms with Gasteiger partial charge in [0.25, 0.3) is 5.91 Å². The van der Waals surface area contributed by atoms with Crippen molar-refractivity contribution in [1.82, 2.24) is 20.1 Å². The van der Waals surface area contributed by atoms with Crippen molar-refractivity contribution in [3.05, 3.63) is 126 Å². The number of carboxylic acids is 1. The van der Waals surface area contributed by atoms with Gasteiger partial charge in [-0.15, -0.1) is 0 Å². The number of fused-ring (bicyclic) bond motifs is 3. The molecule has 5 aromatic rings. The Morgan fingerprint density at radius 3 is 2.22 bits per heavy atom. The predicted octanol–water partition coefficient (Wildman–Crippen LogP) is 5.29. The van der Waals surface area contributed by atoms with Crippen LogP contribution in [0.25, 0.3) is 22.3 Å². The normalized spacial score (nSPS) is 12.6. The maximum absolute atomic E-state index is 13.0. The van der Waals surface area contributed by atoms with Crippen LogP contribution < -0.4 is 10.2 Å². The van der Waals surface area contributed by atoms with E-state index in [9.17, 15) is 19.5 Å². The van der Waals surface area contributed by atoms with Gasteiger partial charge in [0.2, 0.25) is 0 Å². The molecular formula is C35H31N5O5. The Morgan fingerprint density at radius 1 is 0.933 bits per heavy atom. The highest BCUT2D eigenvalue weighted by molar-refractivity contribution is 6.06. The van der Waals surface area contributed by atoms with Gasteiger partial charge in [0.1, 0.15) is 12.6 Å². The van der Waals surface area contributed by atoms with Gasteiger partial charge >= 0.3 is 12.1 Å². The van der Waals surface area contributed by atoms with Crippen molar-refractivity contribution in [2.24, 2.45) is 7.05 Å². The SMILES string of the molecule is CN(C(=O)c1cccnc1)c1nn(C)cc1-c1ccc(C[C@H](NC(=O)OCC2c3ccccc3-c3ccccc32)C(=O)O)cc1. The fourth-order valence-corrected chi connectivity index (χ4v) is 5.75. The molecule has 1 atom stereocenters. The average molecular weight is 602 g/mol. The Hall–Kier alpha value is -5.77. The van der Waals surface area contributed by atoms with E-state index in [2.05, 4.69) is 27.5 Å². The Labute approximate surface area is 259 Å². The summed E-state index contributed by atoms with van der Waals surface area (Å²) in [5.74, 6) is -1.07. The summed E-state index contributed by atoms with van der Waals surface area (Å²) in [5.41, 5.74) is 7.04. The zero-order valence-electron chi connectivity index (χ0n) is 24.8. The fraction of sp³-hybridized carbons (Fsp3) is 0.171. The topological polar surface area (TPSA) is 127 Å². The summed E-state index contributed by atoms with van der Waals surface area (Å²) in [6.07, 6.45) is 4.19. The number of aliphatic carboxylic acids is 1. The summed E-state index contributed by atoms with van der Waals surface area (Å²) < 4.78 is 7.19. The summed E-state index contributed by atoms with van der Waals surface area (Å²) in [6, 6.07) is 25.5. The Balaban J connectivity index is 1.11. The first-order valence-corrected chi connectivity index (χ1v) is 14.5. The number of benzene rings is 3. The van der Waals surface area contributed by atoms with E-state index in [1.807, 2.05) is 54.7 Å². The maximum Gasteiger partial charge on any atom is 0.407 e. The van der Waals surface area contributed by atoms with Crippen LogP contribution in [0.15, 0.2) is 104 Å². The molecule has 2 amide bonds. The molecule has 0 fully saturated rings. The van der Waals surface area contributed by atoms with E-state index in [-0.39, 0.29) is 24.9 Å². The summed E-state index contributed by atoms with van der Waals surface area (Å²) in [6.45, 7) is 0.0894. The smallest absolute Gasteiger partial charge is 0.407 e. The number of pyridine rings is 1. The van der Waals surface area contributed by atoms with Crippen molar-refractivity contribution < 1.29 is 24.2 Å². The third-order valence-electron chi connectivity index (χ3n) is 7.98. The van der Waals surface area contributed by atoms with E-state index in [1.165, 1.54) is 11.1 Å². The molecule has 0 aliphatic heterocycles. The Kier molecular flexibility index (Phi) is 8.11. The van der Waals surface area contributed by atoms with Crippen molar-refractivity contribution in [3.63, 3.8) is 0 Å². The molecule has 0 spiro atoms. The fourth-order valence-electron chi connectivity index (χ4n) is 5.75. The number of carbonyl (C=O) groups is 3. The van der Waals surface area contributed by atoms with Crippen LogP contribution in [0.4, 0.5) is 10.6 Å². The van der Waals surface area contributed by atoms with Crippen LogP contribution in [0, 0.1) is 0 Å². The number of amides is 2. The minimum absolute atomic E-state index is 0.0547. The highest BCUT2D eigenvalue weighted by Crippen LogP contribution is 2.44. The summed E-state index contributed by atoms with van der Waals surface area (Å²) >= 11 is 0. The molecule has 2 aromatic heterocycles. The zero-order valence-corrected chi connectivity index (χ0v) is 24.8. The molecule has 2 N–H and O–H groups in total. The molecule has 1 aliphatic rings. The van der Waals surface area contributed by atoms with Gasteiger partial charge in [-0.3, -0.25) is 19.4 Å². The molecule has 0 saturated carbocycles. The molecule has 0 radical (unpaired) electrons. The number of nitrogens with zero attached hydrogens (tertiary/aromatic N) is 4. The second-order valence-electron chi connectivity index (χ2n) is 10.9. The lowest BCUT2D eigenvalue weighted by Crippen LogP contribution is -2.42. The number of hydrogen-bond donors (Lipinski definition) is 2. The number of ether oxygens (including phenoxy) is 1. The molecular weight excluding hydrogens is 570 g/mol. The Morgan fingerprint density at radius 2 is 1.60 bits per heavy atom. The van der Waals surface area contributed by atoms with E-state index >= 15 is 0 Å².